The molecule has 11 heteroatoms. The average Bonchev–Trinajstić information content (AvgIpc) is 3.47. The van der Waals surface area contributed by atoms with Gasteiger partial charge in [0, 0.05) is 56.4 Å². The Morgan fingerprint density at radius 1 is 1.15 bits per heavy atom. The van der Waals surface area contributed by atoms with Crippen molar-refractivity contribution in [3.8, 4) is 11.5 Å². The number of hydrogen-bond donors (Lipinski definition) is 1. The molecular weight excluding hydrogens is 445 g/mol. The molecule has 0 radical (unpaired) electrons. The van der Waals surface area contributed by atoms with E-state index in [-0.39, 0.29) is 18.1 Å². The highest BCUT2D eigenvalue weighted by atomic mass is 19.4. The van der Waals surface area contributed by atoms with E-state index in [1.807, 2.05) is 23.1 Å². The van der Waals surface area contributed by atoms with E-state index >= 15 is 0 Å². The number of alkyl halides is 3. The predicted octanol–water partition coefficient (Wildman–Crippen LogP) is 2.90. The van der Waals surface area contributed by atoms with E-state index in [1.54, 1.807) is 0 Å². The van der Waals surface area contributed by atoms with Gasteiger partial charge in [-0.1, -0.05) is 0 Å². The Morgan fingerprint density at radius 2 is 1.85 bits per heavy atom. The van der Waals surface area contributed by atoms with Gasteiger partial charge in [0.25, 0.3) is 0 Å². The first-order valence-corrected chi connectivity index (χ1v) is 11.0. The van der Waals surface area contributed by atoms with Gasteiger partial charge in [-0.3, -0.25) is 4.79 Å². The van der Waals surface area contributed by atoms with Crippen molar-refractivity contribution < 1.29 is 42.1 Å². The highest BCUT2D eigenvalue weighted by Crippen LogP contribution is 2.44. The van der Waals surface area contributed by atoms with Gasteiger partial charge in [-0.25, -0.2) is 4.79 Å². The summed E-state index contributed by atoms with van der Waals surface area (Å²) in [6, 6.07) is 5.81. The first-order chi connectivity index (χ1) is 15.7. The first-order valence-electron chi connectivity index (χ1n) is 11.0. The standard InChI is InChI=1S/C20H26N2O4.C2HF3O2/c23-19-10-20(5-6-21(12-20)11-15-3-7-24-8-4-15)13-22(19)16-1-2-17-18(9-16)26-14-25-17;3-2(4,5)1(6)7/h1-2,9,15H,3-8,10-14H2;(H,6,7). The number of fused-ring (bicyclic) bond motifs is 1. The fourth-order valence-electron chi connectivity index (χ4n) is 4.94. The molecule has 1 aromatic rings. The number of benzene rings is 1. The number of hydrogen-bond acceptors (Lipinski definition) is 6. The Kier molecular flexibility index (Phi) is 6.71. The number of likely N-dealkylation sites (tertiary alicyclic amines) is 1. The van der Waals surface area contributed by atoms with E-state index in [0.29, 0.717) is 6.42 Å². The number of rotatable bonds is 3. The topological polar surface area (TPSA) is 88.5 Å². The van der Waals surface area contributed by atoms with E-state index in [4.69, 9.17) is 24.1 Å². The number of carboxylic acids is 1. The molecule has 3 saturated heterocycles. The zero-order valence-corrected chi connectivity index (χ0v) is 18.1. The Morgan fingerprint density at radius 3 is 2.55 bits per heavy atom. The van der Waals surface area contributed by atoms with Crippen LogP contribution in [0.1, 0.15) is 25.7 Å². The number of carbonyl (C=O) groups is 2. The van der Waals surface area contributed by atoms with Crippen LogP contribution < -0.4 is 14.4 Å². The number of amides is 1. The van der Waals surface area contributed by atoms with E-state index in [9.17, 15) is 18.0 Å². The largest absolute Gasteiger partial charge is 0.490 e. The lowest BCUT2D eigenvalue weighted by Crippen LogP contribution is -2.34. The van der Waals surface area contributed by atoms with Gasteiger partial charge in [-0.05, 0) is 43.9 Å². The van der Waals surface area contributed by atoms with Crippen LogP contribution in [-0.2, 0) is 14.3 Å². The fourth-order valence-corrected chi connectivity index (χ4v) is 4.94. The molecular formula is C22H27F3N2O6. The third-order valence-corrected chi connectivity index (χ3v) is 6.61. The van der Waals surface area contributed by atoms with Crippen molar-refractivity contribution in [3.05, 3.63) is 18.2 Å². The molecule has 0 aromatic heterocycles. The maximum atomic E-state index is 12.8. The van der Waals surface area contributed by atoms with Gasteiger partial charge >= 0.3 is 12.1 Å². The molecule has 1 unspecified atom stereocenters. The van der Waals surface area contributed by atoms with Crippen LogP contribution in [0.3, 0.4) is 0 Å². The summed E-state index contributed by atoms with van der Waals surface area (Å²) in [4.78, 5) is 26.2. The van der Waals surface area contributed by atoms with Crippen molar-refractivity contribution in [2.75, 3.05) is 51.1 Å². The molecule has 182 valence electrons. The molecule has 0 bridgehead atoms. The lowest BCUT2D eigenvalue weighted by atomic mass is 9.86. The van der Waals surface area contributed by atoms with Gasteiger partial charge in [-0.15, -0.1) is 0 Å². The third-order valence-electron chi connectivity index (χ3n) is 6.61. The Bertz CT molecular complexity index is 889. The van der Waals surface area contributed by atoms with Crippen LogP contribution in [0.15, 0.2) is 18.2 Å². The van der Waals surface area contributed by atoms with Gasteiger partial charge in [0.2, 0.25) is 12.7 Å². The highest BCUT2D eigenvalue weighted by molar-refractivity contribution is 5.96. The quantitative estimate of drug-likeness (QED) is 0.724. The van der Waals surface area contributed by atoms with Gasteiger partial charge in [0.15, 0.2) is 11.5 Å². The first kappa shape index (κ1) is 23.6. The van der Waals surface area contributed by atoms with Crippen LogP contribution in [0.4, 0.5) is 18.9 Å². The second kappa shape index (κ2) is 9.38. The lowest BCUT2D eigenvalue weighted by molar-refractivity contribution is -0.192. The van der Waals surface area contributed by atoms with Crippen molar-refractivity contribution in [3.63, 3.8) is 0 Å². The zero-order chi connectivity index (χ0) is 23.6. The van der Waals surface area contributed by atoms with Gasteiger partial charge < -0.3 is 29.1 Å². The second-order valence-electron chi connectivity index (χ2n) is 9.04. The summed E-state index contributed by atoms with van der Waals surface area (Å²) >= 11 is 0. The summed E-state index contributed by atoms with van der Waals surface area (Å²) in [6.45, 7) is 6.19. The SMILES string of the molecule is O=C(O)C(F)(F)F.O=C1CC2(CCN(CC3CCOCC3)C2)CN1c1ccc2c(c1)OCO2. The Hall–Kier alpha value is -2.53. The molecule has 1 aromatic carbocycles. The van der Waals surface area contributed by atoms with Gasteiger partial charge in [0.05, 0.1) is 0 Å². The molecule has 33 heavy (non-hydrogen) atoms. The molecule has 4 aliphatic heterocycles. The second-order valence-corrected chi connectivity index (χ2v) is 9.04. The Labute approximate surface area is 189 Å². The summed E-state index contributed by atoms with van der Waals surface area (Å²) < 4.78 is 48.1. The number of halogens is 3. The molecule has 3 fully saturated rings. The predicted molar refractivity (Wildman–Crippen MR) is 110 cm³/mol. The van der Waals surface area contributed by atoms with E-state index in [1.165, 1.54) is 12.8 Å². The normalized spacial score (nSPS) is 25.4. The van der Waals surface area contributed by atoms with Crippen LogP contribution in [-0.4, -0.2) is 74.2 Å². The number of aliphatic carboxylic acids is 1. The van der Waals surface area contributed by atoms with E-state index < -0.39 is 12.1 Å². The minimum atomic E-state index is -5.08. The third kappa shape index (κ3) is 5.52. The summed E-state index contributed by atoms with van der Waals surface area (Å²) in [5.74, 6) is -0.271. The van der Waals surface area contributed by atoms with E-state index in [0.717, 1.165) is 68.9 Å². The van der Waals surface area contributed by atoms with Gasteiger partial charge in [0.1, 0.15) is 0 Å². The van der Waals surface area contributed by atoms with Crippen molar-refractivity contribution in [2.45, 2.75) is 31.9 Å². The molecule has 8 nitrogen and oxygen atoms in total. The molecule has 4 aliphatic rings. The smallest absolute Gasteiger partial charge is 0.475 e. The number of ether oxygens (including phenoxy) is 3. The number of carboxylic acid groups (broad SMARTS) is 1. The summed E-state index contributed by atoms with van der Waals surface area (Å²) in [5, 5.41) is 7.12. The molecule has 0 saturated carbocycles. The van der Waals surface area contributed by atoms with Crippen LogP contribution in [0.5, 0.6) is 11.5 Å². The van der Waals surface area contributed by atoms with Crippen LogP contribution in [0.25, 0.3) is 0 Å². The minimum Gasteiger partial charge on any atom is -0.475 e. The van der Waals surface area contributed by atoms with Gasteiger partial charge in [-0.2, -0.15) is 13.2 Å². The molecule has 5 rings (SSSR count). The lowest BCUT2D eigenvalue weighted by Gasteiger charge is -2.28. The maximum Gasteiger partial charge on any atom is 0.490 e. The van der Waals surface area contributed by atoms with E-state index in [2.05, 4.69) is 4.90 Å². The highest BCUT2D eigenvalue weighted by Gasteiger charge is 2.48. The Balaban J connectivity index is 0.000000325. The summed E-state index contributed by atoms with van der Waals surface area (Å²) in [7, 11) is 0. The number of nitrogens with zero attached hydrogens (tertiary/aromatic N) is 2. The fraction of sp³-hybridized carbons (Fsp3) is 0.636. The van der Waals surface area contributed by atoms with Crippen molar-refractivity contribution >= 4 is 17.6 Å². The summed E-state index contributed by atoms with van der Waals surface area (Å²) in [5.41, 5.74) is 1.04. The minimum absolute atomic E-state index is 0.110. The van der Waals surface area contributed by atoms with Crippen molar-refractivity contribution in [1.29, 1.82) is 0 Å². The number of carbonyl (C=O) groups excluding carboxylic acids is 1. The van der Waals surface area contributed by atoms with Crippen LogP contribution in [0, 0.1) is 11.3 Å². The molecule has 1 amide bonds. The maximum absolute atomic E-state index is 12.8. The monoisotopic (exact) mass is 472 g/mol. The van der Waals surface area contributed by atoms with Crippen molar-refractivity contribution in [1.82, 2.24) is 4.90 Å². The zero-order valence-electron chi connectivity index (χ0n) is 18.1. The molecule has 1 spiro atoms. The van der Waals surface area contributed by atoms with Crippen molar-refractivity contribution in [2.24, 2.45) is 11.3 Å². The number of anilines is 1. The summed E-state index contributed by atoms with van der Waals surface area (Å²) in [6.07, 6.45) is -0.966. The van der Waals surface area contributed by atoms with Crippen LogP contribution >= 0.6 is 0 Å². The van der Waals surface area contributed by atoms with Crippen LogP contribution in [0.2, 0.25) is 0 Å². The molecule has 1 atom stereocenters. The average molecular weight is 472 g/mol. The molecule has 1 N–H and O–H groups in total. The molecule has 4 heterocycles. The molecule has 0 aliphatic carbocycles.